The zero-order valence-electron chi connectivity index (χ0n) is 10.3. The Balaban J connectivity index is 2.11. The first-order chi connectivity index (χ1) is 7.70. The van der Waals surface area contributed by atoms with Gasteiger partial charge in [0.05, 0.1) is 6.10 Å². The number of aliphatic hydroxyl groups is 1. The van der Waals surface area contributed by atoms with Gasteiger partial charge >= 0.3 is 0 Å². The first-order valence-corrected chi connectivity index (χ1v) is 6.47. The molecule has 3 unspecified atom stereocenters. The van der Waals surface area contributed by atoms with Crippen LogP contribution in [0, 0.1) is 5.92 Å². The number of hydrogen-bond acceptors (Lipinski definition) is 1. The highest BCUT2D eigenvalue weighted by atomic mass is 16.3. The van der Waals surface area contributed by atoms with Crippen molar-refractivity contribution in [3.8, 4) is 0 Å². The molecule has 1 aromatic carbocycles. The van der Waals surface area contributed by atoms with Crippen molar-refractivity contribution in [2.24, 2.45) is 5.92 Å². The molecule has 16 heavy (non-hydrogen) atoms. The fourth-order valence-corrected chi connectivity index (χ4v) is 2.86. The second-order valence-electron chi connectivity index (χ2n) is 5.15. The third-order valence-electron chi connectivity index (χ3n) is 3.96. The van der Waals surface area contributed by atoms with Crippen LogP contribution >= 0.6 is 0 Å². The van der Waals surface area contributed by atoms with E-state index in [1.165, 1.54) is 11.1 Å². The smallest absolute Gasteiger partial charge is 0.0543 e. The molecule has 3 atom stereocenters. The van der Waals surface area contributed by atoms with Gasteiger partial charge in [0.15, 0.2) is 0 Å². The van der Waals surface area contributed by atoms with Crippen LogP contribution in [0.1, 0.15) is 50.2 Å². The van der Waals surface area contributed by atoms with E-state index in [9.17, 15) is 5.11 Å². The minimum atomic E-state index is -0.0684. The number of rotatable bonds is 2. The monoisotopic (exact) mass is 218 g/mol. The predicted octanol–water partition coefficient (Wildman–Crippen LogP) is 3.51. The molecule has 1 aliphatic carbocycles. The molecule has 0 radical (unpaired) electrons. The maximum Gasteiger partial charge on any atom is 0.0543 e. The first kappa shape index (κ1) is 11.7. The lowest BCUT2D eigenvalue weighted by atomic mass is 9.75. The molecule has 0 amide bonds. The Morgan fingerprint density at radius 3 is 2.44 bits per heavy atom. The Kier molecular flexibility index (Phi) is 3.65. The van der Waals surface area contributed by atoms with Gasteiger partial charge in [-0.25, -0.2) is 0 Å². The Morgan fingerprint density at radius 1 is 1.19 bits per heavy atom. The zero-order chi connectivity index (χ0) is 11.5. The quantitative estimate of drug-likeness (QED) is 0.805. The molecule has 88 valence electrons. The average molecular weight is 218 g/mol. The molecule has 1 N–H and O–H groups in total. The highest BCUT2D eigenvalue weighted by molar-refractivity contribution is 5.26. The van der Waals surface area contributed by atoms with E-state index < -0.39 is 0 Å². The van der Waals surface area contributed by atoms with E-state index in [1.54, 1.807) is 0 Å². The molecule has 1 heteroatoms. The zero-order valence-corrected chi connectivity index (χ0v) is 10.3. The summed E-state index contributed by atoms with van der Waals surface area (Å²) in [6.07, 6.45) is 4.10. The second kappa shape index (κ2) is 5.01. The number of aryl methyl sites for hydroxylation is 1. The van der Waals surface area contributed by atoms with Gasteiger partial charge in [-0.3, -0.25) is 0 Å². The maximum absolute atomic E-state index is 9.63. The van der Waals surface area contributed by atoms with Crippen molar-refractivity contribution < 1.29 is 5.11 Å². The van der Waals surface area contributed by atoms with Crippen molar-refractivity contribution in [1.29, 1.82) is 0 Å². The first-order valence-electron chi connectivity index (χ1n) is 6.47. The Morgan fingerprint density at radius 2 is 1.88 bits per heavy atom. The van der Waals surface area contributed by atoms with E-state index in [0.717, 1.165) is 25.7 Å². The summed E-state index contributed by atoms with van der Waals surface area (Å²) in [6.45, 7) is 4.45. The summed E-state index contributed by atoms with van der Waals surface area (Å²) in [4.78, 5) is 0. The molecule has 1 aliphatic rings. The van der Waals surface area contributed by atoms with Gasteiger partial charge in [-0.1, -0.05) is 38.1 Å². The molecule has 1 saturated carbocycles. The molecule has 0 aromatic heterocycles. The van der Waals surface area contributed by atoms with Gasteiger partial charge in [-0.15, -0.1) is 0 Å². The van der Waals surface area contributed by atoms with Crippen molar-refractivity contribution >= 4 is 0 Å². The molecule has 0 heterocycles. The van der Waals surface area contributed by atoms with Crippen LogP contribution in [0.15, 0.2) is 24.3 Å². The van der Waals surface area contributed by atoms with Crippen molar-refractivity contribution in [2.45, 2.75) is 51.6 Å². The number of benzene rings is 1. The molecule has 0 spiro atoms. The van der Waals surface area contributed by atoms with Crippen molar-refractivity contribution in [3.05, 3.63) is 35.4 Å². The Labute approximate surface area is 98.5 Å². The van der Waals surface area contributed by atoms with E-state index in [4.69, 9.17) is 0 Å². The fourth-order valence-electron chi connectivity index (χ4n) is 2.86. The van der Waals surface area contributed by atoms with E-state index >= 15 is 0 Å². The van der Waals surface area contributed by atoms with Gasteiger partial charge in [-0.2, -0.15) is 0 Å². The highest BCUT2D eigenvalue weighted by Crippen LogP contribution is 2.37. The lowest BCUT2D eigenvalue weighted by molar-refractivity contribution is 0.0950. The van der Waals surface area contributed by atoms with Crippen LogP contribution in [0.5, 0.6) is 0 Å². The number of aliphatic hydroxyl groups excluding tert-OH is 1. The standard InChI is InChI=1S/C15H22O/c1-3-12-4-6-13(7-5-12)15-9-8-14(16)10-11(15)2/h4-7,11,14-16H,3,8-10H2,1-2H3. The lowest BCUT2D eigenvalue weighted by Crippen LogP contribution is -2.24. The summed E-state index contributed by atoms with van der Waals surface area (Å²) in [5.74, 6) is 1.26. The molecular weight excluding hydrogens is 196 g/mol. The van der Waals surface area contributed by atoms with Gasteiger partial charge in [-0.05, 0) is 48.6 Å². The minimum absolute atomic E-state index is 0.0684. The molecule has 0 bridgehead atoms. The van der Waals surface area contributed by atoms with Gasteiger partial charge in [0, 0.05) is 0 Å². The highest BCUT2D eigenvalue weighted by Gasteiger charge is 2.27. The van der Waals surface area contributed by atoms with Crippen molar-refractivity contribution in [3.63, 3.8) is 0 Å². The summed E-state index contributed by atoms with van der Waals surface area (Å²) in [7, 11) is 0. The summed E-state index contributed by atoms with van der Waals surface area (Å²) in [5.41, 5.74) is 2.86. The van der Waals surface area contributed by atoms with E-state index in [-0.39, 0.29) is 6.10 Å². The van der Waals surface area contributed by atoms with Crippen LogP contribution in [0.25, 0.3) is 0 Å². The van der Waals surface area contributed by atoms with Crippen LogP contribution < -0.4 is 0 Å². The SMILES string of the molecule is CCc1ccc(C2CCC(O)CC2C)cc1. The topological polar surface area (TPSA) is 20.2 Å². The van der Waals surface area contributed by atoms with Crippen molar-refractivity contribution in [2.75, 3.05) is 0 Å². The van der Waals surface area contributed by atoms with Gasteiger partial charge in [0.1, 0.15) is 0 Å². The molecule has 2 rings (SSSR count). The van der Waals surface area contributed by atoms with Crippen LogP contribution in [-0.4, -0.2) is 11.2 Å². The van der Waals surface area contributed by atoms with Crippen LogP contribution in [0.2, 0.25) is 0 Å². The molecule has 0 aliphatic heterocycles. The fraction of sp³-hybridized carbons (Fsp3) is 0.600. The Bertz CT molecular complexity index is 328. The minimum Gasteiger partial charge on any atom is -0.393 e. The summed E-state index contributed by atoms with van der Waals surface area (Å²) >= 11 is 0. The normalized spacial score (nSPS) is 30.3. The van der Waals surface area contributed by atoms with E-state index in [0.29, 0.717) is 11.8 Å². The molecule has 1 aromatic rings. The largest absolute Gasteiger partial charge is 0.393 e. The second-order valence-corrected chi connectivity index (χ2v) is 5.15. The average Bonchev–Trinajstić information content (AvgIpc) is 2.29. The third-order valence-corrected chi connectivity index (χ3v) is 3.96. The van der Waals surface area contributed by atoms with Gasteiger partial charge in [0.25, 0.3) is 0 Å². The van der Waals surface area contributed by atoms with E-state index in [2.05, 4.69) is 38.1 Å². The lowest BCUT2D eigenvalue weighted by Gasteiger charge is -2.32. The molecule has 1 fully saturated rings. The summed E-state index contributed by atoms with van der Waals surface area (Å²) < 4.78 is 0. The van der Waals surface area contributed by atoms with E-state index in [1.807, 2.05) is 0 Å². The van der Waals surface area contributed by atoms with Crippen LogP contribution in [0.4, 0.5) is 0 Å². The van der Waals surface area contributed by atoms with Gasteiger partial charge in [0.2, 0.25) is 0 Å². The molecular formula is C15H22O. The van der Waals surface area contributed by atoms with Gasteiger partial charge < -0.3 is 5.11 Å². The summed E-state index contributed by atoms with van der Waals surface area (Å²) in [6, 6.07) is 9.04. The van der Waals surface area contributed by atoms with Crippen LogP contribution in [-0.2, 0) is 6.42 Å². The summed E-state index contributed by atoms with van der Waals surface area (Å²) in [5, 5.41) is 9.63. The van der Waals surface area contributed by atoms with Crippen molar-refractivity contribution in [1.82, 2.24) is 0 Å². The van der Waals surface area contributed by atoms with Crippen LogP contribution in [0.3, 0.4) is 0 Å². The molecule has 0 saturated heterocycles. The predicted molar refractivity (Wildman–Crippen MR) is 67.6 cm³/mol. The third kappa shape index (κ3) is 2.46. The Hall–Kier alpha value is -0.820. The number of hydrogen-bond donors (Lipinski definition) is 1. The molecule has 1 nitrogen and oxygen atoms in total. The maximum atomic E-state index is 9.63.